The molecule has 1 saturated heterocycles. The molecule has 1 aliphatic rings. The van der Waals surface area contributed by atoms with Gasteiger partial charge in [0.05, 0.1) is 12.5 Å². The van der Waals surface area contributed by atoms with Crippen LogP contribution in [-0.2, 0) is 16.1 Å². The van der Waals surface area contributed by atoms with E-state index in [2.05, 4.69) is 4.98 Å². The van der Waals surface area contributed by atoms with Gasteiger partial charge in [0.15, 0.2) is 0 Å². The predicted octanol–water partition coefficient (Wildman–Crippen LogP) is 3.08. The number of carbonyl (C=O) groups is 2. The first kappa shape index (κ1) is 18.9. The van der Waals surface area contributed by atoms with Gasteiger partial charge >= 0.3 is 5.97 Å². The van der Waals surface area contributed by atoms with Crippen LogP contribution in [0.4, 0.5) is 0 Å². The highest BCUT2D eigenvalue weighted by Gasteiger charge is 2.28. The van der Waals surface area contributed by atoms with Gasteiger partial charge in [-0.25, -0.2) is 0 Å². The number of benzene rings is 1. The van der Waals surface area contributed by atoms with Gasteiger partial charge in [0.2, 0.25) is 0 Å². The highest BCUT2D eigenvalue weighted by atomic mass is 16.5. The lowest BCUT2D eigenvalue weighted by molar-refractivity contribution is -0.149. The molecule has 0 unspecified atom stereocenters. The van der Waals surface area contributed by atoms with Gasteiger partial charge in [0, 0.05) is 36.6 Å². The number of rotatable bonds is 6. The molecule has 1 aromatic heterocycles. The fourth-order valence-corrected chi connectivity index (χ4v) is 3.10. The van der Waals surface area contributed by atoms with Crippen molar-refractivity contribution in [2.24, 2.45) is 5.92 Å². The third-order valence-corrected chi connectivity index (χ3v) is 4.63. The summed E-state index contributed by atoms with van der Waals surface area (Å²) < 4.78 is 10.8. The van der Waals surface area contributed by atoms with Crippen molar-refractivity contribution in [3.63, 3.8) is 0 Å². The van der Waals surface area contributed by atoms with Crippen LogP contribution in [0.2, 0.25) is 0 Å². The number of aromatic nitrogens is 1. The number of nitrogens with zero attached hydrogens (tertiary/aromatic N) is 2. The summed E-state index contributed by atoms with van der Waals surface area (Å²) in [4.78, 5) is 30.3. The van der Waals surface area contributed by atoms with Crippen LogP contribution in [0.3, 0.4) is 0 Å². The van der Waals surface area contributed by atoms with Gasteiger partial charge in [-0.1, -0.05) is 6.07 Å². The van der Waals surface area contributed by atoms with Crippen molar-refractivity contribution in [3.8, 4) is 5.75 Å². The average molecular weight is 368 g/mol. The van der Waals surface area contributed by atoms with Crippen LogP contribution in [-0.4, -0.2) is 41.5 Å². The molecule has 1 aromatic carbocycles. The van der Waals surface area contributed by atoms with Gasteiger partial charge in [0.1, 0.15) is 12.4 Å². The Hall–Kier alpha value is -2.89. The van der Waals surface area contributed by atoms with Gasteiger partial charge < -0.3 is 14.4 Å². The minimum Gasteiger partial charge on any atom is -0.489 e. The van der Waals surface area contributed by atoms with Crippen molar-refractivity contribution in [1.82, 2.24) is 9.88 Å². The summed E-state index contributed by atoms with van der Waals surface area (Å²) in [7, 11) is 0. The van der Waals surface area contributed by atoms with Gasteiger partial charge in [-0.15, -0.1) is 0 Å². The van der Waals surface area contributed by atoms with E-state index >= 15 is 0 Å². The maximum absolute atomic E-state index is 12.7. The Morgan fingerprint density at radius 1 is 1.15 bits per heavy atom. The molecule has 142 valence electrons. The Labute approximate surface area is 159 Å². The Kier molecular flexibility index (Phi) is 6.41. The number of carbonyl (C=O) groups excluding carboxylic acids is 2. The third-order valence-electron chi connectivity index (χ3n) is 4.63. The van der Waals surface area contributed by atoms with Crippen LogP contribution in [0.25, 0.3) is 0 Å². The van der Waals surface area contributed by atoms with Crippen LogP contribution in [0.1, 0.15) is 35.7 Å². The van der Waals surface area contributed by atoms with Crippen LogP contribution >= 0.6 is 0 Å². The molecule has 0 bridgehead atoms. The fraction of sp³-hybridized carbons (Fsp3) is 0.381. The Morgan fingerprint density at radius 3 is 2.52 bits per heavy atom. The average Bonchev–Trinajstić information content (AvgIpc) is 2.73. The Balaban J connectivity index is 1.51. The van der Waals surface area contributed by atoms with Crippen LogP contribution in [0.5, 0.6) is 5.75 Å². The normalized spacial score (nSPS) is 14.6. The first-order valence-electron chi connectivity index (χ1n) is 9.25. The molecule has 0 spiro atoms. The van der Waals surface area contributed by atoms with E-state index in [0.29, 0.717) is 50.5 Å². The second kappa shape index (κ2) is 9.16. The molecule has 0 saturated carbocycles. The molecule has 0 N–H and O–H groups in total. The Morgan fingerprint density at radius 2 is 1.89 bits per heavy atom. The summed E-state index contributed by atoms with van der Waals surface area (Å²) in [5.41, 5.74) is 1.61. The number of esters is 1. The predicted molar refractivity (Wildman–Crippen MR) is 100 cm³/mol. The van der Waals surface area contributed by atoms with Crippen molar-refractivity contribution in [2.75, 3.05) is 19.7 Å². The zero-order valence-corrected chi connectivity index (χ0v) is 15.5. The molecule has 1 amide bonds. The molecular weight excluding hydrogens is 344 g/mol. The number of hydrogen-bond acceptors (Lipinski definition) is 5. The first-order valence-corrected chi connectivity index (χ1v) is 9.25. The zero-order valence-electron chi connectivity index (χ0n) is 15.5. The highest BCUT2D eigenvalue weighted by molar-refractivity contribution is 5.94. The maximum atomic E-state index is 12.7. The van der Waals surface area contributed by atoms with Gasteiger partial charge in [0.25, 0.3) is 5.91 Å². The summed E-state index contributed by atoms with van der Waals surface area (Å²) in [6, 6.07) is 11.0. The lowest BCUT2D eigenvalue weighted by Crippen LogP contribution is -2.40. The van der Waals surface area contributed by atoms with E-state index in [4.69, 9.17) is 9.47 Å². The monoisotopic (exact) mass is 368 g/mol. The molecule has 1 aliphatic heterocycles. The van der Waals surface area contributed by atoms with Crippen LogP contribution in [0.15, 0.2) is 48.8 Å². The minimum absolute atomic E-state index is 0.0175. The number of hydrogen-bond donors (Lipinski definition) is 0. The third kappa shape index (κ3) is 5.06. The van der Waals surface area contributed by atoms with Gasteiger partial charge in [-0.3, -0.25) is 14.6 Å². The fourth-order valence-electron chi connectivity index (χ4n) is 3.10. The summed E-state index contributed by atoms with van der Waals surface area (Å²) in [6.07, 6.45) is 4.78. The van der Waals surface area contributed by atoms with E-state index in [1.807, 2.05) is 12.1 Å². The molecule has 2 heterocycles. The second-order valence-electron chi connectivity index (χ2n) is 6.49. The summed E-state index contributed by atoms with van der Waals surface area (Å²) in [6.45, 7) is 3.78. The molecule has 0 radical (unpaired) electrons. The molecule has 0 atom stereocenters. The molecule has 6 nitrogen and oxygen atoms in total. The topological polar surface area (TPSA) is 68.7 Å². The van der Waals surface area contributed by atoms with Crippen LogP contribution < -0.4 is 4.74 Å². The van der Waals surface area contributed by atoms with Gasteiger partial charge in [-0.2, -0.15) is 0 Å². The SMILES string of the molecule is CCOC(=O)C1CCN(C(=O)c2ccc(OCc3cccnc3)cc2)CC1. The lowest BCUT2D eigenvalue weighted by Gasteiger charge is -2.31. The second-order valence-corrected chi connectivity index (χ2v) is 6.49. The summed E-state index contributed by atoms with van der Waals surface area (Å²) in [5.74, 6) is 0.435. The highest BCUT2D eigenvalue weighted by Crippen LogP contribution is 2.21. The minimum atomic E-state index is -0.153. The molecule has 0 aliphatic carbocycles. The lowest BCUT2D eigenvalue weighted by atomic mass is 9.96. The number of piperidine rings is 1. The molecule has 3 rings (SSSR count). The molecule has 1 fully saturated rings. The number of ether oxygens (including phenoxy) is 2. The van der Waals surface area contributed by atoms with E-state index < -0.39 is 0 Å². The largest absolute Gasteiger partial charge is 0.489 e. The van der Waals surface area contributed by atoms with E-state index in [9.17, 15) is 9.59 Å². The van der Waals surface area contributed by atoms with Gasteiger partial charge in [-0.05, 0) is 50.1 Å². The molecular formula is C21H24N2O4. The molecule has 27 heavy (non-hydrogen) atoms. The first-order chi connectivity index (χ1) is 13.2. The van der Waals surface area contributed by atoms with Crippen molar-refractivity contribution in [3.05, 3.63) is 59.9 Å². The van der Waals surface area contributed by atoms with Crippen molar-refractivity contribution in [1.29, 1.82) is 0 Å². The number of likely N-dealkylation sites (tertiary alicyclic amines) is 1. The van der Waals surface area contributed by atoms with E-state index in [1.165, 1.54) is 0 Å². The van der Waals surface area contributed by atoms with E-state index in [-0.39, 0.29) is 17.8 Å². The van der Waals surface area contributed by atoms with Crippen molar-refractivity contribution < 1.29 is 19.1 Å². The molecule has 6 heteroatoms. The van der Waals surface area contributed by atoms with E-state index in [0.717, 1.165) is 5.56 Å². The zero-order chi connectivity index (χ0) is 19.1. The number of amides is 1. The maximum Gasteiger partial charge on any atom is 0.309 e. The van der Waals surface area contributed by atoms with Crippen LogP contribution in [0, 0.1) is 5.92 Å². The van der Waals surface area contributed by atoms with Crippen molar-refractivity contribution >= 4 is 11.9 Å². The number of pyridine rings is 1. The summed E-state index contributed by atoms with van der Waals surface area (Å²) >= 11 is 0. The Bertz CT molecular complexity index is 754. The summed E-state index contributed by atoms with van der Waals surface area (Å²) in [5, 5.41) is 0. The van der Waals surface area contributed by atoms with Crippen molar-refractivity contribution in [2.45, 2.75) is 26.4 Å². The standard InChI is InChI=1S/C21H24N2O4/c1-2-26-21(25)18-9-12-23(13-10-18)20(24)17-5-7-19(8-6-17)27-15-16-4-3-11-22-14-16/h3-8,11,14,18H,2,9-10,12-13,15H2,1H3. The molecule has 2 aromatic rings. The smallest absolute Gasteiger partial charge is 0.309 e. The quantitative estimate of drug-likeness (QED) is 0.733. The van der Waals surface area contributed by atoms with E-state index in [1.54, 1.807) is 48.5 Å².